The molecule has 1 amide bonds. The Balaban J connectivity index is 1.98. The topological polar surface area (TPSA) is 87.4 Å². The number of aliphatic hydroxyl groups is 2. The molecule has 0 aromatic carbocycles. The van der Waals surface area contributed by atoms with Crippen molar-refractivity contribution in [3.63, 3.8) is 0 Å². The molecule has 1 aromatic rings. The number of hydrogen-bond donors (Lipinski definition) is 3. The Morgan fingerprint density at radius 3 is 2.94 bits per heavy atom. The molecule has 3 atom stereocenters. The van der Waals surface area contributed by atoms with Crippen LogP contribution < -0.4 is 5.32 Å². The number of aliphatic hydroxyl groups excluding tert-OH is 2. The van der Waals surface area contributed by atoms with Crippen LogP contribution in [0.5, 0.6) is 0 Å². The van der Waals surface area contributed by atoms with Gasteiger partial charge in [0.25, 0.3) is 5.91 Å². The van der Waals surface area contributed by atoms with Crippen LogP contribution in [0.1, 0.15) is 29.8 Å². The molecule has 2 rings (SSSR count). The van der Waals surface area contributed by atoms with Crippen molar-refractivity contribution in [2.75, 3.05) is 0 Å². The molecule has 1 aliphatic carbocycles. The van der Waals surface area contributed by atoms with Crippen LogP contribution in [0.15, 0.2) is 12.5 Å². The van der Waals surface area contributed by atoms with E-state index in [4.69, 9.17) is 0 Å². The van der Waals surface area contributed by atoms with Crippen molar-refractivity contribution < 1.29 is 15.0 Å². The SMILES string of the molecule is Cn1cnc(C(=O)N[C@@H]2CCC[C@@H](O)[C@@H]2O)c1. The van der Waals surface area contributed by atoms with E-state index in [0.29, 0.717) is 18.5 Å². The largest absolute Gasteiger partial charge is 0.390 e. The highest BCUT2D eigenvalue weighted by molar-refractivity contribution is 5.92. The summed E-state index contributed by atoms with van der Waals surface area (Å²) in [6, 6.07) is -0.395. The standard InChI is InChI=1S/C11H17N3O3/c1-14-5-8(12-6-14)11(17)13-7-3-2-4-9(15)10(7)16/h5-7,9-10,15-16H,2-4H2,1H3,(H,13,17)/t7-,9-,10-/m1/s1. The maximum absolute atomic E-state index is 11.8. The van der Waals surface area contributed by atoms with Crippen molar-refractivity contribution in [1.29, 1.82) is 0 Å². The minimum Gasteiger partial charge on any atom is -0.390 e. The highest BCUT2D eigenvalue weighted by Gasteiger charge is 2.31. The van der Waals surface area contributed by atoms with E-state index in [0.717, 1.165) is 6.42 Å². The van der Waals surface area contributed by atoms with Crippen molar-refractivity contribution >= 4 is 5.91 Å². The van der Waals surface area contributed by atoms with Gasteiger partial charge in [-0.25, -0.2) is 4.98 Å². The lowest BCUT2D eigenvalue weighted by Crippen LogP contribution is -2.51. The number of amides is 1. The second-order valence-electron chi connectivity index (χ2n) is 4.49. The highest BCUT2D eigenvalue weighted by Crippen LogP contribution is 2.19. The molecule has 6 heteroatoms. The van der Waals surface area contributed by atoms with E-state index in [1.165, 1.54) is 0 Å². The third kappa shape index (κ3) is 2.65. The van der Waals surface area contributed by atoms with E-state index in [9.17, 15) is 15.0 Å². The molecule has 0 aliphatic heterocycles. The Morgan fingerprint density at radius 1 is 1.53 bits per heavy atom. The number of nitrogens with zero attached hydrogens (tertiary/aromatic N) is 2. The lowest BCUT2D eigenvalue weighted by Gasteiger charge is -2.32. The van der Waals surface area contributed by atoms with Crippen LogP contribution in [0, 0.1) is 0 Å². The van der Waals surface area contributed by atoms with Crippen molar-refractivity contribution in [2.24, 2.45) is 7.05 Å². The number of hydrogen-bond acceptors (Lipinski definition) is 4. The number of imidazole rings is 1. The van der Waals surface area contributed by atoms with Crippen LogP contribution in [0.2, 0.25) is 0 Å². The van der Waals surface area contributed by atoms with Crippen LogP contribution in [-0.4, -0.2) is 43.9 Å². The van der Waals surface area contributed by atoms with E-state index < -0.39 is 18.2 Å². The van der Waals surface area contributed by atoms with E-state index in [1.807, 2.05) is 0 Å². The zero-order valence-corrected chi connectivity index (χ0v) is 9.71. The van der Waals surface area contributed by atoms with Crippen molar-refractivity contribution in [1.82, 2.24) is 14.9 Å². The van der Waals surface area contributed by atoms with Gasteiger partial charge in [0.05, 0.1) is 24.6 Å². The normalized spacial score (nSPS) is 29.0. The highest BCUT2D eigenvalue weighted by atomic mass is 16.3. The first kappa shape index (κ1) is 12.1. The molecule has 6 nitrogen and oxygen atoms in total. The van der Waals surface area contributed by atoms with Crippen LogP contribution in [0.25, 0.3) is 0 Å². The molecular formula is C11H17N3O3. The lowest BCUT2D eigenvalue weighted by molar-refractivity contribution is -0.0278. The molecule has 3 N–H and O–H groups in total. The smallest absolute Gasteiger partial charge is 0.271 e. The van der Waals surface area contributed by atoms with Gasteiger partial charge in [-0.15, -0.1) is 0 Å². The Morgan fingerprint density at radius 2 is 2.29 bits per heavy atom. The zero-order chi connectivity index (χ0) is 12.4. The predicted octanol–water partition coefficient (Wildman–Crippen LogP) is -0.576. The summed E-state index contributed by atoms with van der Waals surface area (Å²) in [7, 11) is 1.78. The van der Waals surface area contributed by atoms with Gasteiger partial charge in [-0.05, 0) is 19.3 Å². The molecule has 0 unspecified atom stereocenters. The molecule has 94 valence electrons. The molecule has 1 saturated carbocycles. The summed E-state index contributed by atoms with van der Waals surface area (Å²) < 4.78 is 1.68. The van der Waals surface area contributed by atoms with Crippen LogP contribution in [0.3, 0.4) is 0 Å². The Kier molecular flexibility index (Phi) is 3.44. The summed E-state index contributed by atoms with van der Waals surface area (Å²) in [6.45, 7) is 0. The van der Waals surface area contributed by atoms with Crippen LogP contribution in [0.4, 0.5) is 0 Å². The van der Waals surface area contributed by atoms with Crippen molar-refractivity contribution in [3.8, 4) is 0 Å². The lowest BCUT2D eigenvalue weighted by atomic mass is 9.90. The third-order valence-electron chi connectivity index (χ3n) is 3.08. The van der Waals surface area contributed by atoms with Gasteiger partial charge in [0.1, 0.15) is 5.69 Å². The fourth-order valence-corrected chi connectivity index (χ4v) is 2.09. The van der Waals surface area contributed by atoms with Gasteiger partial charge in [0.2, 0.25) is 0 Å². The molecule has 1 heterocycles. The molecular weight excluding hydrogens is 222 g/mol. The summed E-state index contributed by atoms with van der Waals surface area (Å²) in [6.07, 6.45) is 3.57. The van der Waals surface area contributed by atoms with E-state index >= 15 is 0 Å². The number of rotatable bonds is 2. The number of nitrogens with one attached hydrogen (secondary N) is 1. The second-order valence-corrected chi connectivity index (χ2v) is 4.49. The van der Waals surface area contributed by atoms with Gasteiger partial charge in [-0.1, -0.05) is 0 Å². The molecule has 0 bridgehead atoms. The van der Waals surface area contributed by atoms with Gasteiger partial charge < -0.3 is 20.1 Å². The summed E-state index contributed by atoms with van der Waals surface area (Å²) in [4.78, 5) is 15.7. The molecule has 0 radical (unpaired) electrons. The minimum atomic E-state index is -0.892. The maximum atomic E-state index is 11.8. The first-order chi connectivity index (χ1) is 8.08. The van der Waals surface area contributed by atoms with Gasteiger partial charge in [-0.2, -0.15) is 0 Å². The third-order valence-corrected chi connectivity index (χ3v) is 3.08. The quantitative estimate of drug-likeness (QED) is 0.644. The van der Waals surface area contributed by atoms with Gasteiger partial charge >= 0.3 is 0 Å². The first-order valence-corrected chi connectivity index (χ1v) is 5.73. The number of carbonyl (C=O) groups is 1. The molecule has 1 aromatic heterocycles. The van der Waals surface area contributed by atoms with Crippen molar-refractivity contribution in [3.05, 3.63) is 18.2 Å². The van der Waals surface area contributed by atoms with Crippen LogP contribution in [-0.2, 0) is 7.05 Å². The Hall–Kier alpha value is -1.40. The molecule has 0 spiro atoms. The number of carbonyl (C=O) groups excluding carboxylic acids is 1. The summed E-state index contributed by atoms with van der Waals surface area (Å²) in [5, 5.41) is 22.0. The molecule has 17 heavy (non-hydrogen) atoms. The molecule has 1 fully saturated rings. The fraction of sp³-hybridized carbons (Fsp3) is 0.636. The molecule has 0 saturated heterocycles. The van der Waals surface area contributed by atoms with Crippen molar-refractivity contribution in [2.45, 2.75) is 37.5 Å². The average molecular weight is 239 g/mol. The number of aryl methyl sites for hydroxylation is 1. The number of aromatic nitrogens is 2. The fourth-order valence-electron chi connectivity index (χ4n) is 2.09. The van der Waals surface area contributed by atoms with E-state index in [-0.39, 0.29) is 5.91 Å². The molecule has 1 aliphatic rings. The van der Waals surface area contributed by atoms with Gasteiger partial charge in [0, 0.05) is 13.2 Å². The second kappa shape index (κ2) is 4.85. The maximum Gasteiger partial charge on any atom is 0.271 e. The average Bonchev–Trinajstić information content (AvgIpc) is 2.72. The van der Waals surface area contributed by atoms with Gasteiger partial charge in [-0.3, -0.25) is 4.79 Å². The minimum absolute atomic E-state index is 0.316. The van der Waals surface area contributed by atoms with Crippen LogP contribution >= 0.6 is 0 Å². The zero-order valence-electron chi connectivity index (χ0n) is 9.71. The monoisotopic (exact) mass is 239 g/mol. The Bertz CT molecular complexity index is 404. The van der Waals surface area contributed by atoms with Gasteiger partial charge in [0.15, 0.2) is 0 Å². The first-order valence-electron chi connectivity index (χ1n) is 5.73. The van der Waals surface area contributed by atoms with E-state index in [1.54, 1.807) is 24.1 Å². The predicted molar refractivity (Wildman–Crippen MR) is 60.3 cm³/mol. The summed E-state index contributed by atoms with van der Waals surface area (Å²) in [5.41, 5.74) is 0.319. The summed E-state index contributed by atoms with van der Waals surface area (Å²) >= 11 is 0. The van der Waals surface area contributed by atoms with E-state index in [2.05, 4.69) is 10.3 Å². The summed E-state index contributed by atoms with van der Waals surface area (Å²) in [5.74, 6) is -0.316. The Labute approximate surface area is 99.3 Å².